The van der Waals surface area contributed by atoms with Gasteiger partial charge in [0.25, 0.3) is 5.91 Å². The number of aromatic nitrogens is 5. The minimum atomic E-state index is -1.10. The Kier molecular flexibility index (Phi) is 7.63. The lowest BCUT2D eigenvalue weighted by molar-refractivity contribution is -0.138. The summed E-state index contributed by atoms with van der Waals surface area (Å²) in [5.41, 5.74) is 0.704. The molecule has 186 valence electrons. The molecule has 1 aliphatic heterocycles. The first-order valence-electron chi connectivity index (χ1n) is 11.7. The fourth-order valence-corrected chi connectivity index (χ4v) is 4.69. The minimum Gasteiger partial charge on any atom is -0.481 e. The van der Waals surface area contributed by atoms with Crippen molar-refractivity contribution < 1.29 is 24.3 Å². The molecule has 35 heavy (non-hydrogen) atoms. The van der Waals surface area contributed by atoms with Crippen LogP contribution < -0.4 is 15.5 Å². The van der Waals surface area contributed by atoms with Gasteiger partial charge in [-0.3, -0.25) is 24.1 Å². The maximum Gasteiger partial charge on any atom is 0.303 e. The second kappa shape index (κ2) is 11.0. The summed E-state index contributed by atoms with van der Waals surface area (Å²) < 4.78 is 0. The Morgan fingerprint density at radius 3 is 2.74 bits per heavy atom. The summed E-state index contributed by atoms with van der Waals surface area (Å²) in [5, 5.41) is 28.0. The third kappa shape index (κ3) is 5.97. The van der Waals surface area contributed by atoms with Gasteiger partial charge in [0.1, 0.15) is 17.9 Å². The molecule has 0 bridgehead atoms. The SMILES string of the molecule is O=C(O)CCC(NC(=O)CC1CCCC1)C(=O)N1c2ncccc2CC1C(=O)NCc1nn[nH]n1. The predicted octanol–water partition coefficient (Wildman–Crippen LogP) is 0.0987. The van der Waals surface area contributed by atoms with Crippen LogP contribution in [-0.2, 0) is 32.1 Å². The van der Waals surface area contributed by atoms with E-state index in [1.807, 2.05) is 0 Å². The average Bonchev–Trinajstić information content (AvgIpc) is 3.60. The molecule has 0 radical (unpaired) electrons. The third-order valence-corrected chi connectivity index (χ3v) is 6.40. The number of carboxylic acid groups (broad SMARTS) is 1. The van der Waals surface area contributed by atoms with Gasteiger partial charge in [-0.2, -0.15) is 5.21 Å². The molecule has 13 heteroatoms. The van der Waals surface area contributed by atoms with E-state index in [0.29, 0.717) is 17.8 Å². The lowest BCUT2D eigenvalue weighted by Crippen LogP contribution is -2.55. The van der Waals surface area contributed by atoms with Gasteiger partial charge < -0.3 is 15.7 Å². The van der Waals surface area contributed by atoms with Gasteiger partial charge in [0, 0.05) is 25.5 Å². The van der Waals surface area contributed by atoms with Crippen molar-refractivity contribution in [2.45, 2.75) is 70.0 Å². The first kappa shape index (κ1) is 24.2. The third-order valence-electron chi connectivity index (χ3n) is 6.40. The Morgan fingerprint density at radius 1 is 1.23 bits per heavy atom. The highest BCUT2D eigenvalue weighted by atomic mass is 16.4. The number of hydrogen-bond acceptors (Lipinski definition) is 8. The highest BCUT2D eigenvalue weighted by Crippen LogP contribution is 2.31. The number of tetrazole rings is 1. The van der Waals surface area contributed by atoms with Gasteiger partial charge >= 0.3 is 5.97 Å². The summed E-state index contributed by atoms with van der Waals surface area (Å²) in [5.74, 6) is -1.52. The molecule has 2 unspecified atom stereocenters. The molecule has 0 aromatic carbocycles. The predicted molar refractivity (Wildman–Crippen MR) is 121 cm³/mol. The number of aromatic amines is 1. The Morgan fingerprint density at radius 2 is 2.03 bits per heavy atom. The normalized spacial score (nSPS) is 18.2. The molecule has 13 nitrogen and oxygen atoms in total. The summed E-state index contributed by atoms with van der Waals surface area (Å²) in [6, 6.07) is 1.48. The summed E-state index contributed by atoms with van der Waals surface area (Å²) in [6.45, 7) is 0.0121. The lowest BCUT2D eigenvalue weighted by Gasteiger charge is -2.28. The van der Waals surface area contributed by atoms with Gasteiger partial charge in [-0.05, 0) is 36.8 Å². The highest BCUT2D eigenvalue weighted by Gasteiger charge is 2.42. The molecule has 2 aromatic heterocycles. The van der Waals surface area contributed by atoms with E-state index in [0.717, 1.165) is 25.7 Å². The standard InChI is InChI=1S/C22H28N8O5/c31-18(10-13-4-1-2-5-13)25-15(7-8-19(32)33)22(35)30-16(11-14-6-3-9-23-20(14)30)21(34)24-12-17-26-28-29-27-17/h3,6,9,13,15-16H,1-2,4-5,7-8,10-12H2,(H,24,34)(H,25,31)(H,32,33)(H,26,27,28,29). The number of pyridine rings is 1. The second-order valence-electron chi connectivity index (χ2n) is 8.87. The summed E-state index contributed by atoms with van der Waals surface area (Å²) in [7, 11) is 0. The van der Waals surface area contributed by atoms with Crippen molar-refractivity contribution in [1.82, 2.24) is 36.2 Å². The number of H-pyrrole nitrogens is 1. The van der Waals surface area contributed by atoms with E-state index < -0.39 is 29.9 Å². The average molecular weight is 485 g/mol. The number of nitrogens with zero attached hydrogens (tertiary/aromatic N) is 5. The van der Waals surface area contributed by atoms with Crippen molar-refractivity contribution in [2.24, 2.45) is 5.92 Å². The smallest absolute Gasteiger partial charge is 0.303 e. The lowest BCUT2D eigenvalue weighted by atomic mass is 10.0. The van der Waals surface area contributed by atoms with Gasteiger partial charge in [-0.15, -0.1) is 10.2 Å². The van der Waals surface area contributed by atoms with E-state index in [1.54, 1.807) is 12.1 Å². The molecule has 0 spiro atoms. The Balaban J connectivity index is 1.52. The van der Waals surface area contributed by atoms with Crippen LogP contribution in [0.15, 0.2) is 18.3 Å². The Hall–Kier alpha value is -3.90. The fraction of sp³-hybridized carbons (Fsp3) is 0.545. The molecular weight excluding hydrogens is 456 g/mol. The van der Waals surface area contributed by atoms with Crippen LogP contribution in [0.4, 0.5) is 5.82 Å². The van der Waals surface area contributed by atoms with E-state index in [2.05, 4.69) is 36.2 Å². The van der Waals surface area contributed by atoms with Crippen molar-refractivity contribution in [3.63, 3.8) is 0 Å². The number of hydrogen-bond donors (Lipinski definition) is 4. The Bertz CT molecular complexity index is 1070. The van der Waals surface area contributed by atoms with E-state index in [-0.39, 0.29) is 43.5 Å². The van der Waals surface area contributed by atoms with Crippen LogP contribution in [0.2, 0.25) is 0 Å². The van der Waals surface area contributed by atoms with E-state index in [1.165, 1.54) is 11.1 Å². The molecule has 4 N–H and O–H groups in total. The number of nitrogens with one attached hydrogen (secondary N) is 3. The summed E-state index contributed by atoms with van der Waals surface area (Å²) in [6.07, 6.45) is 5.73. The maximum absolute atomic E-state index is 13.7. The van der Waals surface area contributed by atoms with Crippen LogP contribution in [0.1, 0.15) is 56.3 Å². The quantitative estimate of drug-likeness (QED) is 0.363. The van der Waals surface area contributed by atoms with Crippen molar-refractivity contribution in [3.05, 3.63) is 29.7 Å². The van der Waals surface area contributed by atoms with E-state index in [9.17, 15) is 24.3 Å². The van der Waals surface area contributed by atoms with Gasteiger partial charge in [0.15, 0.2) is 5.82 Å². The number of anilines is 1. The molecule has 0 saturated heterocycles. The molecule has 1 aliphatic carbocycles. The van der Waals surface area contributed by atoms with Crippen LogP contribution in [-0.4, -0.2) is 66.5 Å². The minimum absolute atomic E-state index is 0.0121. The van der Waals surface area contributed by atoms with Crippen LogP contribution >= 0.6 is 0 Å². The molecule has 2 aliphatic rings. The maximum atomic E-state index is 13.7. The molecule has 1 saturated carbocycles. The number of carbonyl (C=O) groups excluding carboxylic acids is 3. The van der Waals surface area contributed by atoms with Crippen molar-refractivity contribution in [1.29, 1.82) is 0 Å². The van der Waals surface area contributed by atoms with Crippen LogP contribution in [0.25, 0.3) is 0 Å². The molecule has 2 atom stereocenters. The van der Waals surface area contributed by atoms with Crippen LogP contribution in [0, 0.1) is 5.92 Å². The van der Waals surface area contributed by atoms with E-state index in [4.69, 9.17) is 0 Å². The second-order valence-corrected chi connectivity index (χ2v) is 8.87. The molecule has 1 fully saturated rings. The fourth-order valence-electron chi connectivity index (χ4n) is 4.69. The van der Waals surface area contributed by atoms with Crippen molar-refractivity contribution >= 4 is 29.5 Å². The number of rotatable bonds is 10. The first-order chi connectivity index (χ1) is 16.9. The number of carboxylic acids is 1. The van der Waals surface area contributed by atoms with Crippen molar-refractivity contribution in [3.8, 4) is 0 Å². The van der Waals surface area contributed by atoms with Crippen LogP contribution in [0.5, 0.6) is 0 Å². The first-order valence-corrected chi connectivity index (χ1v) is 11.7. The summed E-state index contributed by atoms with van der Waals surface area (Å²) >= 11 is 0. The van der Waals surface area contributed by atoms with Gasteiger partial charge in [0.05, 0.1) is 6.54 Å². The molecule has 3 amide bonds. The van der Waals surface area contributed by atoms with Gasteiger partial charge in [-0.25, -0.2) is 4.98 Å². The summed E-state index contributed by atoms with van der Waals surface area (Å²) in [4.78, 5) is 56.3. The Labute approximate surface area is 201 Å². The molecule has 2 aromatic rings. The zero-order valence-corrected chi connectivity index (χ0v) is 19.1. The topological polar surface area (TPSA) is 183 Å². The van der Waals surface area contributed by atoms with Crippen LogP contribution in [0.3, 0.4) is 0 Å². The molecular formula is C22H28N8O5. The number of aliphatic carboxylic acids is 1. The zero-order chi connectivity index (χ0) is 24.8. The molecule has 3 heterocycles. The highest BCUT2D eigenvalue weighted by molar-refractivity contribution is 6.06. The number of amides is 3. The monoisotopic (exact) mass is 484 g/mol. The largest absolute Gasteiger partial charge is 0.481 e. The van der Waals surface area contributed by atoms with E-state index >= 15 is 0 Å². The zero-order valence-electron chi connectivity index (χ0n) is 19.1. The number of carbonyl (C=O) groups is 4. The number of fused-ring (bicyclic) bond motifs is 1. The van der Waals surface area contributed by atoms with Gasteiger partial charge in [0.2, 0.25) is 11.8 Å². The van der Waals surface area contributed by atoms with Crippen molar-refractivity contribution in [2.75, 3.05) is 4.90 Å². The van der Waals surface area contributed by atoms with Gasteiger partial charge in [-0.1, -0.05) is 24.1 Å². The molecule has 4 rings (SSSR count).